The van der Waals surface area contributed by atoms with E-state index < -0.39 is 0 Å². The van der Waals surface area contributed by atoms with Crippen molar-refractivity contribution in [1.82, 2.24) is 19.9 Å². The van der Waals surface area contributed by atoms with Crippen molar-refractivity contribution < 1.29 is 0 Å². The van der Waals surface area contributed by atoms with Gasteiger partial charge in [0, 0.05) is 12.6 Å². The third-order valence-corrected chi connectivity index (χ3v) is 3.11. The van der Waals surface area contributed by atoms with Gasteiger partial charge in [-0.05, 0) is 19.4 Å². The van der Waals surface area contributed by atoms with Crippen LogP contribution in [-0.4, -0.2) is 39.5 Å². The molecule has 0 radical (unpaired) electrons. The molecule has 2 atom stereocenters. The zero-order chi connectivity index (χ0) is 10.1. The monoisotopic (exact) mass is 194 g/mol. The fraction of sp³-hybridized carbons (Fsp3) is 0.800. The molecule has 0 bridgehead atoms. The highest BCUT2D eigenvalue weighted by Crippen LogP contribution is 2.28. The third-order valence-electron chi connectivity index (χ3n) is 3.11. The smallest absolute Gasteiger partial charge is 0.0857 e. The average molecular weight is 194 g/mol. The van der Waals surface area contributed by atoms with Crippen molar-refractivity contribution in [3.63, 3.8) is 0 Å². The van der Waals surface area contributed by atoms with E-state index in [-0.39, 0.29) is 0 Å². The molecule has 78 valence electrons. The number of hydrogen-bond acceptors (Lipinski definition) is 3. The van der Waals surface area contributed by atoms with Gasteiger partial charge >= 0.3 is 0 Å². The summed E-state index contributed by atoms with van der Waals surface area (Å²) >= 11 is 0. The van der Waals surface area contributed by atoms with Gasteiger partial charge in [-0.2, -0.15) is 15.0 Å². The van der Waals surface area contributed by atoms with E-state index in [4.69, 9.17) is 0 Å². The van der Waals surface area contributed by atoms with Crippen LogP contribution >= 0.6 is 0 Å². The molecule has 4 heteroatoms. The Kier molecular flexibility index (Phi) is 2.54. The lowest BCUT2D eigenvalue weighted by Crippen LogP contribution is -2.29. The molecule has 1 aromatic rings. The van der Waals surface area contributed by atoms with Gasteiger partial charge in [0.1, 0.15) is 0 Å². The fourth-order valence-electron chi connectivity index (χ4n) is 2.36. The highest BCUT2D eigenvalue weighted by atomic mass is 15.5. The van der Waals surface area contributed by atoms with Crippen molar-refractivity contribution in [1.29, 1.82) is 0 Å². The normalized spacial score (nSPS) is 28.9. The Morgan fingerprint density at radius 2 is 1.93 bits per heavy atom. The van der Waals surface area contributed by atoms with Gasteiger partial charge in [-0.3, -0.25) is 0 Å². The zero-order valence-corrected chi connectivity index (χ0v) is 9.09. The molecule has 4 nitrogen and oxygen atoms in total. The molecule has 0 amide bonds. The maximum atomic E-state index is 4.21. The van der Waals surface area contributed by atoms with Crippen molar-refractivity contribution in [3.8, 4) is 0 Å². The molecule has 1 fully saturated rings. The molecule has 0 aliphatic carbocycles. The second kappa shape index (κ2) is 3.69. The summed E-state index contributed by atoms with van der Waals surface area (Å²) in [5.74, 6) is 0.709. The topological polar surface area (TPSA) is 34.0 Å². The van der Waals surface area contributed by atoms with E-state index in [9.17, 15) is 0 Å². The number of hydrogen-bond donors (Lipinski definition) is 0. The predicted molar refractivity (Wildman–Crippen MR) is 54.9 cm³/mol. The summed E-state index contributed by atoms with van der Waals surface area (Å²) in [4.78, 5) is 4.26. The second-order valence-corrected chi connectivity index (χ2v) is 4.49. The molecule has 0 saturated carbocycles. The van der Waals surface area contributed by atoms with Crippen molar-refractivity contribution in [3.05, 3.63) is 12.4 Å². The summed E-state index contributed by atoms with van der Waals surface area (Å²) in [5.41, 5.74) is 0. The summed E-state index contributed by atoms with van der Waals surface area (Å²) in [6.45, 7) is 5.62. The number of aromatic nitrogens is 3. The first-order chi connectivity index (χ1) is 6.68. The first-order valence-corrected chi connectivity index (χ1v) is 5.24. The number of likely N-dealkylation sites (tertiary alicyclic amines) is 1. The van der Waals surface area contributed by atoms with Crippen molar-refractivity contribution in [2.45, 2.75) is 32.4 Å². The Balaban J connectivity index is 2.06. The SMILES string of the molecule is CC(C)[C@@H]1C[C@H](n2nccn2)CN1C. The van der Waals surface area contributed by atoms with Crippen LogP contribution in [0, 0.1) is 5.92 Å². The Morgan fingerprint density at radius 3 is 2.43 bits per heavy atom. The minimum absolute atomic E-state index is 0.461. The average Bonchev–Trinajstić information content (AvgIpc) is 2.70. The Bertz CT molecular complexity index is 280. The summed E-state index contributed by atoms with van der Waals surface area (Å²) in [7, 11) is 2.19. The van der Waals surface area contributed by atoms with E-state index in [1.807, 2.05) is 4.80 Å². The minimum Gasteiger partial charge on any atom is -0.301 e. The van der Waals surface area contributed by atoms with E-state index in [0.717, 1.165) is 6.54 Å². The molecular weight excluding hydrogens is 176 g/mol. The van der Waals surface area contributed by atoms with Crippen LogP contribution in [0.3, 0.4) is 0 Å². The van der Waals surface area contributed by atoms with Crippen molar-refractivity contribution in [2.75, 3.05) is 13.6 Å². The summed E-state index contributed by atoms with van der Waals surface area (Å²) in [6, 6.07) is 1.13. The van der Waals surface area contributed by atoms with Gasteiger partial charge in [0.25, 0.3) is 0 Å². The summed E-state index contributed by atoms with van der Waals surface area (Å²) in [6.07, 6.45) is 4.67. The maximum Gasteiger partial charge on any atom is 0.0857 e. The quantitative estimate of drug-likeness (QED) is 0.709. The lowest BCUT2D eigenvalue weighted by atomic mass is 10.0. The molecule has 0 spiro atoms. The number of likely N-dealkylation sites (N-methyl/N-ethyl adjacent to an activating group) is 1. The van der Waals surface area contributed by atoms with E-state index in [1.54, 1.807) is 12.4 Å². The molecule has 1 aliphatic rings. The van der Waals surface area contributed by atoms with Gasteiger partial charge in [-0.15, -0.1) is 0 Å². The van der Waals surface area contributed by atoms with E-state index in [1.165, 1.54) is 6.42 Å². The zero-order valence-electron chi connectivity index (χ0n) is 9.09. The molecule has 0 N–H and O–H groups in total. The number of rotatable bonds is 2. The molecule has 1 aliphatic heterocycles. The van der Waals surface area contributed by atoms with E-state index in [2.05, 4.69) is 36.0 Å². The van der Waals surface area contributed by atoms with Gasteiger partial charge in [0.15, 0.2) is 0 Å². The van der Waals surface area contributed by atoms with Crippen LogP contribution in [0.5, 0.6) is 0 Å². The maximum absolute atomic E-state index is 4.21. The Labute approximate surface area is 84.9 Å². The van der Waals surface area contributed by atoms with E-state index in [0.29, 0.717) is 18.0 Å². The molecule has 0 aromatic carbocycles. The standard InChI is InChI=1S/C10H18N4/c1-8(2)10-6-9(7-13(10)3)14-11-4-5-12-14/h4-5,8-10H,6-7H2,1-3H3/t9-,10-/m0/s1. The summed E-state index contributed by atoms with van der Waals surface area (Å²) in [5, 5.41) is 8.41. The van der Waals surface area contributed by atoms with Crippen LogP contribution in [0.25, 0.3) is 0 Å². The van der Waals surface area contributed by atoms with Crippen LogP contribution < -0.4 is 0 Å². The molecule has 1 aromatic heterocycles. The second-order valence-electron chi connectivity index (χ2n) is 4.49. The Hall–Kier alpha value is -0.900. The third kappa shape index (κ3) is 1.66. The van der Waals surface area contributed by atoms with Crippen molar-refractivity contribution in [2.24, 2.45) is 5.92 Å². The summed E-state index contributed by atoms with van der Waals surface area (Å²) < 4.78 is 0. The number of nitrogens with zero attached hydrogens (tertiary/aromatic N) is 4. The molecule has 2 heterocycles. The van der Waals surface area contributed by atoms with Gasteiger partial charge in [-0.25, -0.2) is 0 Å². The minimum atomic E-state index is 0.461. The van der Waals surface area contributed by atoms with Gasteiger partial charge in [0.2, 0.25) is 0 Å². The molecule has 1 saturated heterocycles. The molecule has 14 heavy (non-hydrogen) atoms. The highest BCUT2D eigenvalue weighted by Gasteiger charge is 2.32. The van der Waals surface area contributed by atoms with Crippen LogP contribution in [0.4, 0.5) is 0 Å². The van der Waals surface area contributed by atoms with Crippen LogP contribution in [0.15, 0.2) is 12.4 Å². The molecule has 0 unspecified atom stereocenters. The van der Waals surface area contributed by atoms with Crippen LogP contribution in [0.2, 0.25) is 0 Å². The fourth-order valence-corrected chi connectivity index (χ4v) is 2.36. The van der Waals surface area contributed by atoms with Gasteiger partial charge in [0.05, 0.1) is 18.4 Å². The first kappa shape index (κ1) is 9.65. The molecular formula is C10H18N4. The van der Waals surface area contributed by atoms with Crippen LogP contribution in [-0.2, 0) is 0 Å². The molecule has 2 rings (SSSR count). The first-order valence-electron chi connectivity index (χ1n) is 5.24. The van der Waals surface area contributed by atoms with Gasteiger partial charge < -0.3 is 4.90 Å². The largest absolute Gasteiger partial charge is 0.301 e. The lowest BCUT2D eigenvalue weighted by molar-refractivity contribution is 0.249. The lowest BCUT2D eigenvalue weighted by Gasteiger charge is -2.22. The Morgan fingerprint density at radius 1 is 1.29 bits per heavy atom. The highest BCUT2D eigenvalue weighted by molar-refractivity contribution is 4.87. The van der Waals surface area contributed by atoms with Crippen molar-refractivity contribution >= 4 is 0 Å². The predicted octanol–water partition coefficient (Wildman–Crippen LogP) is 1.18. The van der Waals surface area contributed by atoms with E-state index >= 15 is 0 Å². The van der Waals surface area contributed by atoms with Gasteiger partial charge in [-0.1, -0.05) is 13.8 Å². The van der Waals surface area contributed by atoms with Crippen LogP contribution in [0.1, 0.15) is 26.3 Å².